The van der Waals surface area contributed by atoms with Crippen molar-refractivity contribution in [2.45, 2.75) is 33.0 Å². The molecule has 0 unspecified atom stereocenters. The molecule has 0 saturated heterocycles. The Kier molecular flexibility index (Phi) is 5.86. The molecular weight excluding hydrogens is 306 g/mol. The van der Waals surface area contributed by atoms with E-state index < -0.39 is 0 Å². The van der Waals surface area contributed by atoms with E-state index >= 15 is 0 Å². The maximum absolute atomic E-state index is 6.06. The van der Waals surface area contributed by atoms with E-state index in [0.717, 1.165) is 12.3 Å². The molecule has 0 amide bonds. The van der Waals surface area contributed by atoms with Crippen molar-refractivity contribution in [1.82, 2.24) is 5.32 Å². The van der Waals surface area contributed by atoms with E-state index in [2.05, 4.69) is 79.8 Å². The highest BCUT2D eigenvalue weighted by atomic mass is 16.5. The van der Waals surface area contributed by atoms with Gasteiger partial charge in [-0.2, -0.15) is 0 Å². The summed E-state index contributed by atoms with van der Waals surface area (Å²) in [6.07, 6.45) is 0. The first kappa shape index (κ1) is 17.2. The molecular formula is C23H25NO. The van der Waals surface area contributed by atoms with E-state index in [4.69, 9.17) is 4.74 Å². The summed E-state index contributed by atoms with van der Waals surface area (Å²) in [5, 5.41) is 3.58. The van der Waals surface area contributed by atoms with Crippen molar-refractivity contribution in [1.29, 1.82) is 0 Å². The molecule has 0 aliphatic heterocycles. The Morgan fingerprint density at radius 1 is 0.840 bits per heavy atom. The van der Waals surface area contributed by atoms with Gasteiger partial charge in [-0.25, -0.2) is 0 Å². The molecule has 0 fully saturated rings. The van der Waals surface area contributed by atoms with Crippen LogP contribution in [0.5, 0.6) is 5.75 Å². The number of aryl methyl sites for hydroxylation is 1. The second kappa shape index (κ2) is 8.50. The first-order valence-corrected chi connectivity index (χ1v) is 8.77. The van der Waals surface area contributed by atoms with E-state index in [1.54, 1.807) is 0 Å². The summed E-state index contributed by atoms with van der Waals surface area (Å²) in [4.78, 5) is 0. The third-order valence-corrected chi connectivity index (χ3v) is 4.39. The second-order valence-corrected chi connectivity index (χ2v) is 6.40. The average molecular weight is 331 g/mol. The third kappa shape index (κ3) is 4.94. The minimum Gasteiger partial charge on any atom is -0.489 e. The molecule has 3 rings (SSSR count). The largest absolute Gasteiger partial charge is 0.489 e. The first-order valence-electron chi connectivity index (χ1n) is 8.77. The van der Waals surface area contributed by atoms with E-state index in [0.29, 0.717) is 12.6 Å². The van der Waals surface area contributed by atoms with Gasteiger partial charge in [-0.3, -0.25) is 0 Å². The van der Waals surface area contributed by atoms with Crippen molar-refractivity contribution < 1.29 is 4.74 Å². The number of hydrogen-bond donors (Lipinski definition) is 1. The summed E-state index contributed by atoms with van der Waals surface area (Å²) in [5.74, 6) is 0.941. The van der Waals surface area contributed by atoms with Crippen molar-refractivity contribution in [3.63, 3.8) is 0 Å². The Morgan fingerprint density at radius 3 is 2.28 bits per heavy atom. The van der Waals surface area contributed by atoms with Gasteiger partial charge >= 0.3 is 0 Å². The lowest BCUT2D eigenvalue weighted by Gasteiger charge is -2.16. The molecule has 2 heteroatoms. The molecule has 0 heterocycles. The van der Waals surface area contributed by atoms with E-state index in [1.165, 1.54) is 22.3 Å². The fourth-order valence-electron chi connectivity index (χ4n) is 2.76. The molecule has 1 atom stereocenters. The van der Waals surface area contributed by atoms with Crippen molar-refractivity contribution in [2.75, 3.05) is 0 Å². The minimum atomic E-state index is 0.298. The van der Waals surface area contributed by atoms with Crippen molar-refractivity contribution in [2.24, 2.45) is 0 Å². The number of ether oxygens (including phenoxy) is 1. The van der Waals surface area contributed by atoms with Crippen LogP contribution in [0.2, 0.25) is 0 Å². The summed E-state index contributed by atoms with van der Waals surface area (Å²) in [5.41, 5.74) is 4.92. The lowest BCUT2D eigenvalue weighted by atomic mass is 10.1. The van der Waals surface area contributed by atoms with Crippen molar-refractivity contribution in [3.8, 4) is 5.75 Å². The highest BCUT2D eigenvalue weighted by molar-refractivity contribution is 5.34. The van der Waals surface area contributed by atoms with Crippen LogP contribution >= 0.6 is 0 Å². The molecule has 25 heavy (non-hydrogen) atoms. The molecule has 0 aliphatic carbocycles. The average Bonchev–Trinajstić information content (AvgIpc) is 2.67. The van der Waals surface area contributed by atoms with Gasteiger partial charge in [-0.15, -0.1) is 0 Å². The molecule has 3 aromatic rings. The zero-order chi connectivity index (χ0) is 17.5. The number of rotatable bonds is 7. The molecule has 0 aromatic heterocycles. The van der Waals surface area contributed by atoms with Crippen LogP contribution in [-0.4, -0.2) is 0 Å². The van der Waals surface area contributed by atoms with Gasteiger partial charge in [0, 0.05) is 18.2 Å². The van der Waals surface area contributed by atoms with Crippen LogP contribution in [0.4, 0.5) is 0 Å². The van der Waals surface area contributed by atoms with Crippen LogP contribution in [0.25, 0.3) is 0 Å². The maximum Gasteiger partial charge on any atom is 0.124 e. The lowest BCUT2D eigenvalue weighted by molar-refractivity contribution is 0.301. The van der Waals surface area contributed by atoms with E-state index in [-0.39, 0.29) is 0 Å². The Balaban J connectivity index is 1.61. The quantitative estimate of drug-likeness (QED) is 0.624. The Labute approximate surface area is 150 Å². The first-order chi connectivity index (χ1) is 12.2. The van der Waals surface area contributed by atoms with Gasteiger partial charge in [0.05, 0.1) is 0 Å². The number of benzene rings is 3. The molecule has 2 nitrogen and oxygen atoms in total. The summed E-state index contributed by atoms with van der Waals surface area (Å²) < 4.78 is 6.06. The highest BCUT2D eigenvalue weighted by Gasteiger charge is 2.07. The van der Waals surface area contributed by atoms with Gasteiger partial charge in [-0.05, 0) is 31.0 Å². The zero-order valence-corrected chi connectivity index (χ0v) is 14.9. The zero-order valence-electron chi connectivity index (χ0n) is 14.9. The van der Waals surface area contributed by atoms with Crippen LogP contribution in [-0.2, 0) is 13.2 Å². The Morgan fingerprint density at radius 2 is 1.52 bits per heavy atom. The summed E-state index contributed by atoms with van der Waals surface area (Å²) in [7, 11) is 0. The minimum absolute atomic E-state index is 0.298. The topological polar surface area (TPSA) is 21.3 Å². The molecule has 0 spiro atoms. The van der Waals surface area contributed by atoms with Gasteiger partial charge in [0.25, 0.3) is 0 Å². The van der Waals surface area contributed by atoms with Gasteiger partial charge in [0.15, 0.2) is 0 Å². The standard InChI is InChI=1S/C23H25NO/c1-18-12-14-20(15-13-18)17-25-23-11-7-6-10-22(23)16-24-19(2)21-8-4-3-5-9-21/h3-15,19,24H,16-17H2,1-2H3/t19-/m0/s1. The van der Waals surface area contributed by atoms with Gasteiger partial charge in [0.2, 0.25) is 0 Å². The van der Waals surface area contributed by atoms with Gasteiger partial charge < -0.3 is 10.1 Å². The number of hydrogen-bond acceptors (Lipinski definition) is 2. The summed E-state index contributed by atoms with van der Waals surface area (Å²) in [6.45, 7) is 5.65. The monoisotopic (exact) mass is 331 g/mol. The normalized spacial score (nSPS) is 11.9. The predicted octanol–water partition coefficient (Wildman–Crippen LogP) is 5.42. The van der Waals surface area contributed by atoms with Crippen LogP contribution in [0.1, 0.15) is 35.2 Å². The predicted molar refractivity (Wildman–Crippen MR) is 104 cm³/mol. The lowest BCUT2D eigenvalue weighted by Crippen LogP contribution is -2.18. The molecule has 1 N–H and O–H groups in total. The fraction of sp³-hybridized carbons (Fsp3) is 0.217. The van der Waals surface area contributed by atoms with Crippen molar-refractivity contribution >= 4 is 0 Å². The van der Waals surface area contributed by atoms with Crippen LogP contribution in [0, 0.1) is 6.92 Å². The number of para-hydroxylation sites is 1. The van der Waals surface area contributed by atoms with Gasteiger partial charge in [0.1, 0.15) is 12.4 Å². The van der Waals surface area contributed by atoms with E-state index in [1.807, 2.05) is 18.2 Å². The molecule has 128 valence electrons. The van der Waals surface area contributed by atoms with Crippen molar-refractivity contribution in [3.05, 3.63) is 101 Å². The molecule has 0 radical (unpaired) electrons. The van der Waals surface area contributed by atoms with E-state index in [9.17, 15) is 0 Å². The smallest absolute Gasteiger partial charge is 0.124 e. The SMILES string of the molecule is Cc1ccc(COc2ccccc2CN[C@@H](C)c2ccccc2)cc1. The highest BCUT2D eigenvalue weighted by Crippen LogP contribution is 2.21. The second-order valence-electron chi connectivity index (χ2n) is 6.40. The molecule has 0 bridgehead atoms. The molecule has 0 aliphatic rings. The van der Waals surface area contributed by atoms with Crippen LogP contribution < -0.4 is 10.1 Å². The summed E-state index contributed by atoms with van der Waals surface area (Å²) >= 11 is 0. The Hall–Kier alpha value is -2.58. The van der Waals surface area contributed by atoms with Gasteiger partial charge in [-0.1, -0.05) is 78.4 Å². The van der Waals surface area contributed by atoms with Crippen LogP contribution in [0.15, 0.2) is 78.9 Å². The molecule has 3 aromatic carbocycles. The Bertz CT molecular complexity index is 781. The summed E-state index contributed by atoms with van der Waals surface area (Å²) in [6, 6.07) is 27.5. The third-order valence-electron chi connectivity index (χ3n) is 4.39. The maximum atomic E-state index is 6.06. The van der Waals surface area contributed by atoms with Crippen LogP contribution in [0.3, 0.4) is 0 Å². The number of nitrogens with one attached hydrogen (secondary N) is 1. The fourth-order valence-corrected chi connectivity index (χ4v) is 2.76. The molecule has 0 saturated carbocycles.